The van der Waals surface area contributed by atoms with Crippen LogP contribution in [0.5, 0.6) is 0 Å². The first-order valence-corrected chi connectivity index (χ1v) is 6.69. The third kappa shape index (κ3) is 3.56. The highest BCUT2D eigenvalue weighted by atomic mass is 16.5. The van der Waals surface area contributed by atoms with Crippen molar-refractivity contribution in [3.63, 3.8) is 0 Å². The Labute approximate surface area is 121 Å². The summed E-state index contributed by atoms with van der Waals surface area (Å²) in [6.45, 7) is 1.73. The van der Waals surface area contributed by atoms with E-state index >= 15 is 0 Å². The first-order chi connectivity index (χ1) is 10.0. The fourth-order valence-corrected chi connectivity index (χ4v) is 1.98. The lowest BCUT2D eigenvalue weighted by atomic mass is 10.1. The van der Waals surface area contributed by atoms with Crippen molar-refractivity contribution < 1.29 is 24.2 Å². The van der Waals surface area contributed by atoms with E-state index in [4.69, 9.17) is 9.84 Å². The maximum atomic E-state index is 12.5. The van der Waals surface area contributed by atoms with Crippen LogP contribution in [0, 0.1) is 0 Å². The van der Waals surface area contributed by atoms with Crippen LogP contribution in [0.25, 0.3) is 0 Å². The van der Waals surface area contributed by atoms with Crippen LogP contribution in [0.15, 0.2) is 18.3 Å². The van der Waals surface area contributed by atoms with E-state index in [1.54, 1.807) is 6.92 Å². The number of amides is 1. The summed E-state index contributed by atoms with van der Waals surface area (Å²) >= 11 is 0. The largest absolute Gasteiger partial charge is 0.478 e. The molecule has 0 aliphatic heterocycles. The average molecular weight is 292 g/mol. The minimum absolute atomic E-state index is 0.0504. The molecule has 1 amide bonds. The van der Waals surface area contributed by atoms with Crippen LogP contribution in [-0.4, -0.2) is 52.0 Å². The predicted molar refractivity (Wildman–Crippen MR) is 71.9 cm³/mol. The Kier molecular flexibility index (Phi) is 4.52. The molecule has 0 bridgehead atoms. The highest BCUT2D eigenvalue weighted by molar-refractivity contribution is 6.04. The maximum absolute atomic E-state index is 12.5. The van der Waals surface area contributed by atoms with Crippen molar-refractivity contribution >= 4 is 17.8 Å². The number of esters is 1. The zero-order valence-electron chi connectivity index (χ0n) is 11.6. The van der Waals surface area contributed by atoms with Gasteiger partial charge in [0.1, 0.15) is 12.2 Å². The molecular formula is C14H16N2O5. The van der Waals surface area contributed by atoms with Crippen molar-refractivity contribution in [3.05, 3.63) is 29.6 Å². The highest BCUT2D eigenvalue weighted by Gasteiger charge is 2.36. The van der Waals surface area contributed by atoms with Gasteiger partial charge in [0.25, 0.3) is 5.91 Å². The molecule has 2 rings (SSSR count). The standard InChI is InChI=1S/C14H16N2O5/c1-2-21-11(17)8-16(9-5-6-9)13(18)12-10(14(19)20)4-3-7-15-12/h3-4,7,9H,2,5-6,8H2,1H3,(H,19,20). The molecule has 1 heterocycles. The Balaban J connectivity index is 2.23. The van der Waals surface area contributed by atoms with Crippen LogP contribution in [0.4, 0.5) is 0 Å². The molecule has 0 aromatic carbocycles. The van der Waals surface area contributed by atoms with Gasteiger partial charge in [-0.15, -0.1) is 0 Å². The summed E-state index contributed by atoms with van der Waals surface area (Å²) in [6, 6.07) is 2.72. The fourth-order valence-electron chi connectivity index (χ4n) is 1.98. The second-order valence-electron chi connectivity index (χ2n) is 4.67. The number of hydrogen-bond acceptors (Lipinski definition) is 5. The van der Waals surface area contributed by atoms with Crippen molar-refractivity contribution in [2.45, 2.75) is 25.8 Å². The van der Waals surface area contributed by atoms with Crippen LogP contribution < -0.4 is 0 Å². The summed E-state index contributed by atoms with van der Waals surface area (Å²) in [4.78, 5) is 40.4. The minimum Gasteiger partial charge on any atom is -0.478 e. The van der Waals surface area contributed by atoms with E-state index < -0.39 is 17.8 Å². The van der Waals surface area contributed by atoms with Crippen molar-refractivity contribution in [2.75, 3.05) is 13.2 Å². The molecule has 0 unspecified atom stereocenters. The van der Waals surface area contributed by atoms with E-state index in [0.717, 1.165) is 12.8 Å². The SMILES string of the molecule is CCOC(=O)CN(C(=O)c1ncccc1C(=O)O)C1CC1. The number of carboxylic acids is 1. The highest BCUT2D eigenvalue weighted by Crippen LogP contribution is 2.28. The van der Waals surface area contributed by atoms with E-state index in [1.165, 1.54) is 23.2 Å². The third-order valence-corrected chi connectivity index (χ3v) is 3.09. The van der Waals surface area contributed by atoms with Gasteiger partial charge in [0, 0.05) is 12.2 Å². The first kappa shape index (κ1) is 15.0. The van der Waals surface area contributed by atoms with E-state index in [2.05, 4.69) is 4.98 Å². The zero-order valence-corrected chi connectivity index (χ0v) is 11.6. The van der Waals surface area contributed by atoms with E-state index in [1.807, 2.05) is 0 Å². The van der Waals surface area contributed by atoms with Gasteiger partial charge in [-0.25, -0.2) is 4.79 Å². The van der Waals surface area contributed by atoms with Crippen molar-refractivity contribution in [1.82, 2.24) is 9.88 Å². The van der Waals surface area contributed by atoms with Gasteiger partial charge >= 0.3 is 11.9 Å². The Morgan fingerprint density at radius 3 is 2.71 bits per heavy atom. The van der Waals surface area contributed by atoms with Gasteiger partial charge in [0.2, 0.25) is 0 Å². The minimum atomic E-state index is -1.22. The lowest BCUT2D eigenvalue weighted by Gasteiger charge is -2.21. The molecule has 1 aliphatic carbocycles. The lowest BCUT2D eigenvalue weighted by Crippen LogP contribution is -2.39. The molecule has 0 atom stereocenters. The lowest BCUT2D eigenvalue weighted by molar-refractivity contribution is -0.144. The second kappa shape index (κ2) is 6.34. The average Bonchev–Trinajstić information content (AvgIpc) is 3.29. The van der Waals surface area contributed by atoms with Crippen molar-refractivity contribution in [2.24, 2.45) is 0 Å². The van der Waals surface area contributed by atoms with Gasteiger partial charge in [-0.05, 0) is 31.9 Å². The van der Waals surface area contributed by atoms with E-state index in [-0.39, 0.29) is 30.5 Å². The third-order valence-electron chi connectivity index (χ3n) is 3.09. The number of carbonyl (C=O) groups is 3. The Hall–Kier alpha value is -2.44. The van der Waals surface area contributed by atoms with Crippen LogP contribution in [0.2, 0.25) is 0 Å². The number of aromatic nitrogens is 1. The van der Waals surface area contributed by atoms with Gasteiger partial charge < -0.3 is 14.7 Å². The normalized spacial score (nSPS) is 13.6. The van der Waals surface area contributed by atoms with Gasteiger partial charge in [-0.2, -0.15) is 0 Å². The zero-order chi connectivity index (χ0) is 15.4. The Morgan fingerprint density at radius 2 is 2.14 bits per heavy atom. The molecule has 1 N–H and O–H groups in total. The van der Waals surface area contributed by atoms with Crippen LogP contribution >= 0.6 is 0 Å². The number of pyridine rings is 1. The van der Waals surface area contributed by atoms with Crippen molar-refractivity contribution in [1.29, 1.82) is 0 Å². The monoisotopic (exact) mass is 292 g/mol. The number of aromatic carboxylic acids is 1. The second-order valence-corrected chi connectivity index (χ2v) is 4.67. The molecule has 7 heteroatoms. The molecule has 1 aromatic rings. The fraction of sp³-hybridized carbons (Fsp3) is 0.429. The quantitative estimate of drug-likeness (QED) is 0.784. The summed E-state index contributed by atoms with van der Waals surface area (Å²) in [5, 5.41) is 9.11. The van der Waals surface area contributed by atoms with Crippen molar-refractivity contribution in [3.8, 4) is 0 Å². The summed E-state index contributed by atoms with van der Waals surface area (Å²) in [7, 11) is 0. The number of carbonyl (C=O) groups excluding carboxylic acids is 2. The molecular weight excluding hydrogens is 276 g/mol. The van der Waals surface area contributed by atoms with E-state index in [9.17, 15) is 14.4 Å². The number of nitrogens with zero attached hydrogens (tertiary/aromatic N) is 2. The molecule has 7 nitrogen and oxygen atoms in total. The Bertz CT molecular complexity index is 568. The molecule has 1 fully saturated rings. The summed E-state index contributed by atoms with van der Waals surface area (Å²) in [6.07, 6.45) is 2.94. The van der Waals surface area contributed by atoms with Crippen LogP contribution in [0.1, 0.15) is 40.6 Å². The first-order valence-electron chi connectivity index (χ1n) is 6.69. The summed E-state index contributed by atoms with van der Waals surface area (Å²) < 4.78 is 4.84. The maximum Gasteiger partial charge on any atom is 0.338 e. The Morgan fingerprint density at radius 1 is 1.43 bits per heavy atom. The van der Waals surface area contributed by atoms with Gasteiger partial charge in [0.15, 0.2) is 0 Å². The van der Waals surface area contributed by atoms with E-state index in [0.29, 0.717) is 0 Å². The number of ether oxygens (including phenoxy) is 1. The van der Waals surface area contributed by atoms with Crippen LogP contribution in [0.3, 0.4) is 0 Å². The van der Waals surface area contributed by atoms with Crippen LogP contribution in [-0.2, 0) is 9.53 Å². The topological polar surface area (TPSA) is 96.8 Å². The summed E-state index contributed by atoms with van der Waals surface area (Å²) in [5.74, 6) is -2.28. The molecule has 1 aromatic heterocycles. The molecule has 0 saturated heterocycles. The molecule has 21 heavy (non-hydrogen) atoms. The number of hydrogen-bond donors (Lipinski definition) is 1. The van der Waals surface area contributed by atoms with Gasteiger partial charge in [-0.3, -0.25) is 14.6 Å². The predicted octanol–water partition coefficient (Wildman–Crippen LogP) is 0.947. The molecule has 112 valence electrons. The molecule has 0 radical (unpaired) electrons. The molecule has 1 saturated carbocycles. The summed E-state index contributed by atoms with van der Waals surface area (Å²) in [5.41, 5.74) is -0.321. The smallest absolute Gasteiger partial charge is 0.338 e. The van der Waals surface area contributed by atoms with Gasteiger partial charge in [0.05, 0.1) is 12.2 Å². The number of rotatable bonds is 6. The molecule has 0 spiro atoms. The van der Waals surface area contributed by atoms with Gasteiger partial charge in [-0.1, -0.05) is 0 Å². The molecule has 1 aliphatic rings. The number of carboxylic acid groups (broad SMARTS) is 1.